The maximum absolute atomic E-state index is 14.2. The lowest BCUT2D eigenvalue weighted by Gasteiger charge is -2.26. The van der Waals surface area contributed by atoms with Gasteiger partial charge in [-0.25, -0.2) is 4.39 Å². The second-order valence-corrected chi connectivity index (χ2v) is 8.62. The van der Waals surface area contributed by atoms with Crippen LogP contribution in [0.4, 0.5) is 23.2 Å². The van der Waals surface area contributed by atoms with Crippen LogP contribution >= 0.6 is 0 Å². The predicted molar refractivity (Wildman–Crippen MR) is 129 cm³/mol. The molecule has 200 valence electrons. The number of benzene rings is 2. The van der Waals surface area contributed by atoms with E-state index in [2.05, 4.69) is 20.0 Å². The van der Waals surface area contributed by atoms with Crippen molar-refractivity contribution in [1.29, 1.82) is 0 Å². The minimum Gasteiger partial charge on any atom is -0.404 e. The van der Waals surface area contributed by atoms with Crippen LogP contribution in [0.2, 0.25) is 0 Å². The maximum Gasteiger partial charge on any atom is 0.573 e. The highest BCUT2D eigenvalue weighted by atomic mass is 19.4. The average molecular weight is 532 g/mol. The van der Waals surface area contributed by atoms with Crippen LogP contribution in [0.15, 0.2) is 48.8 Å². The molecule has 0 atom stereocenters. The first-order chi connectivity index (χ1) is 18.1. The normalized spacial score (nSPS) is 14.2. The van der Waals surface area contributed by atoms with Crippen molar-refractivity contribution in [2.45, 2.75) is 19.7 Å². The fourth-order valence-electron chi connectivity index (χ4n) is 3.96. The average Bonchev–Trinajstić information content (AvgIpc) is 2.85. The van der Waals surface area contributed by atoms with Gasteiger partial charge in [-0.05, 0) is 36.8 Å². The smallest absolute Gasteiger partial charge is 0.404 e. The van der Waals surface area contributed by atoms with Crippen molar-refractivity contribution in [3.05, 3.63) is 71.4 Å². The maximum atomic E-state index is 14.2. The van der Waals surface area contributed by atoms with Crippen molar-refractivity contribution in [2.24, 2.45) is 0 Å². The summed E-state index contributed by atoms with van der Waals surface area (Å²) in [4.78, 5) is 35.6. The van der Waals surface area contributed by atoms with Crippen molar-refractivity contribution < 1.29 is 36.6 Å². The Morgan fingerprint density at radius 2 is 1.87 bits per heavy atom. The number of ether oxygens (including phenoxy) is 2. The second kappa shape index (κ2) is 11.7. The van der Waals surface area contributed by atoms with E-state index in [1.165, 1.54) is 24.5 Å². The molecule has 3 aromatic rings. The Morgan fingerprint density at radius 3 is 2.53 bits per heavy atom. The molecule has 12 heteroatoms. The Hall–Kier alpha value is -3.90. The number of amides is 1. The zero-order valence-electron chi connectivity index (χ0n) is 20.3. The van der Waals surface area contributed by atoms with Crippen LogP contribution in [0.3, 0.4) is 0 Å². The van der Waals surface area contributed by atoms with E-state index in [0.29, 0.717) is 43.1 Å². The first-order valence-corrected chi connectivity index (χ1v) is 11.7. The molecule has 2 heterocycles. The molecule has 0 unspecified atom stereocenters. The lowest BCUT2D eigenvalue weighted by molar-refractivity contribution is -0.274. The molecule has 2 aromatic carbocycles. The Labute approximate surface area is 215 Å². The van der Waals surface area contributed by atoms with E-state index in [1.54, 1.807) is 24.0 Å². The first kappa shape index (κ1) is 27.1. The highest BCUT2D eigenvalue weighted by Gasteiger charge is 2.32. The standard InChI is InChI=1S/C26H24F4N4O4/c1-16-3-2-4-19(27)25(16)21-14-31-18(13-32-21)12-22(35)17-5-6-23(38-26(28,29)30)20(11-17)33-24(36)15-34-7-9-37-10-8-34/h2-6,11,13-14H,7-10,12,15H2,1H3,(H,33,36). The number of nitrogens with zero attached hydrogens (tertiary/aromatic N) is 3. The van der Waals surface area contributed by atoms with Gasteiger partial charge in [-0.1, -0.05) is 12.1 Å². The van der Waals surface area contributed by atoms with Crippen molar-refractivity contribution in [1.82, 2.24) is 14.9 Å². The summed E-state index contributed by atoms with van der Waals surface area (Å²) in [5.74, 6) is -2.13. The summed E-state index contributed by atoms with van der Waals surface area (Å²) in [5, 5.41) is 2.41. The summed E-state index contributed by atoms with van der Waals surface area (Å²) in [5.41, 5.74) is 1.31. The Balaban J connectivity index is 1.50. The molecule has 8 nitrogen and oxygen atoms in total. The van der Waals surface area contributed by atoms with E-state index >= 15 is 0 Å². The third-order valence-corrected chi connectivity index (χ3v) is 5.80. The number of rotatable bonds is 8. The first-order valence-electron chi connectivity index (χ1n) is 11.7. The number of morpholine rings is 1. The van der Waals surface area contributed by atoms with Gasteiger partial charge < -0.3 is 14.8 Å². The summed E-state index contributed by atoms with van der Waals surface area (Å²) < 4.78 is 62.2. The number of ketones is 1. The van der Waals surface area contributed by atoms with Gasteiger partial charge in [0.05, 0.1) is 49.5 Å². The molecule has 1 saturated heterocycles. The van der Waals surface area contributed by atoms with Gasteiger partial charge in [0.15, 0.2) is 11.5 Å². The number of alkyl halides is 3. The van der Waals surface area contributed by atoms with E-state index < -0.39 is 29.6 Å². The van der Waals surface area contributed by atoms with E-state index in [9.17, 15) is 27.2 Å². The zero-order valence-corrected chi connectivity index (χ0v) is 20.3. The van der Waals surface area contributed by atoms with Crippen molar-refractivity contribution in [2.75, 3.05) is 38.2 Å². The van der Waals surface area contributed by atoms with Crippen LogP contribution in [0.1, 0.15) is 21.6 Å². The van der Waals surface area contributed by atoms with Crippen LogP contribution in [-0.4, -0.2) is 65.8 Å². The molecule has 1 amide bonds. The fourth-order valence-corrected chi connectivity index (χ4v) is 3.96. The molecule has 0 radical (unpaired) electrons. The van der Waals surface area contributed by atoms with Crippen molar-refractivity contribution in [3.8, 4) is 17.0 Å². The molecule has 38 heavy (non-hydrogen) atoms. The van der Waals surface area contributed by atoms with Gasteiger partial charge in [-0.2, -0.15) is 0 Å². The van der Waals surface area contributed by atoms with E-state index in [-0.39, 0.29) is 29.9 Å². The molecule has 0 aliphatic carbocycles. The topological polar surface area (TPSA) is 93.6 Å². The Kier molecular flexibility index (Phi) is 8.32. The lowest BCUT2D eigenvalue weighted by atomic mass is 10.0. The minimum absolute atomic E-state index is 0.0389. The monoisotopic (exact) mass is 532 g/mol. The third-order valence-electron chi connectivity index (χ3n) is 5.80. The largest absolute Gasteiger partial charge is 0.573 e. The number of hydrogen-bond acceptors (Lipinski definition) is 7. The zero-order chi connectivity index (χ0) is 27.3. The summed E-state index contributed by atoms with van der Waals surface area (Å²) in [6.07, 6.45) is -2.52. The lowest BCUT2D eigenvalue weighted by Crippen LogP contribution is -2.41. The number of Topliss-reactive ketones (excluding diaryl/α,β-unsaturated/α-hetero) is 1. The number of anilines is 1. The number of carbonyl (C=O) groups is 2. The predicted octanol–water partition coefficient (Wildman–Crippen LogP) is 4.19. The van der Waals surface area contributed by atoms with E-state index in [0.717, 1.165) is 12.1 Å². The molecule has 1 aliphatic rings. The number of halogens is 4. The van der Waals surface area contributed by atoms with Gasteiger partial charge in [0.25, 0.3) is 0 Å². The van der Waals surface area contributed by atoms with Gasteiger partial charge in [0, 0.05) is 30.4 Å². The second-order valence-electron chi connectivity index (χ2n) is 8.62. The van der Waals surface area contributed by atoms with Crippen molar-refractivity contribution >= 4 is 17.4 Å². The van der Waals surface area contributed by atoms with Crippen LogP contribution in [0, 0.1) is 12.7 Å². The highest BCUT2D eigenvalue weighted by molar-refractivity contribution is 6.00. The quantitative estimate of drug-likeness (QED) is 0.344. The number of aromatic nitrogens is 2. The molecular weight excluding hydrogens is 508 g/mol. The van der Waals surface area contributed by atoms with E-state index in [1.807, 2.05) is 0 Å². The van der Waals surface area contributed by atoms with Crippen LogP contribution in [0.5, 0.6) is 5.75 Å². The number of nitrogens with one attached hydrogen (secondary N) is 1. The van der Waals surface area contributed by atoms with Gasteiger partial charge in [-0.3, -0.25) is 24.5 Å². The molecule has 1 fully saturated rings. The minimum atomic E-state index is -5.00. The molecule has 1 N–H and O–H groups in total. The SMILES string of the molecule is Cc1cccc(F)c1-c1cnc(CC(=O)c2ccc(OC(F)(F)F)c(NC(=O)CN3CCOCC3)c2)cn1. The van der Waals surface area contributed by atoms with Crippen LogP contribution < -0.4 is 10.1 Å². The summed E-state index contributed by atoms with van der Waals surface area (Å²) in [6, 6.07) is 7.91. The van der Waals surface area contributed by atoms with Gasteiger partial charge in [0.1, 0.15) is 5.82 Å². The van der Waals surface area contributed by atoms with Crippen LogP contribution in [0.25, 0.3) is 11.3 Å². The molecule has 4 rings (SSSR count). The third kappa shape index (κ3) is 7.11. The van der Waals surface area contributed by atoms with Crippen LogP contribution in [-0.2, 0) is 16.0 Å². The summed E-state index contributed by atoms with van der Waals surface area (Å²) in [7, 11) is 0. The molecule has 0 bridgehead atoms. The highest BCUT2D eigenvalue weighted by Crippen LogP contribution is 2.32. The van der Waals surface area contributed by atoms with Gasteiger partial charge in [-0.15, -0.1) is 13.2 Å². The summed E-state index contributed by atoms with van der Waals surface area (Å²) >= 11 is 0. The Morgan fingerprint density at radius 1 is 1.11 bits per heavy atom. The molecule has 1 aliphatic heterocycles. The van der Waals surface area contributed by atoms with Gasteiger partial charge >= 0.3 is 6.36 Å². The van der Waals surface area contributed by atoms with Gasteiger partial charge in [0.2, 0.25) is 5.91 Å². The number of carbonyl (C=O) groups excluding carboxylic acids is 2. The van der Waals surface area contributed by atoms with E-state index in [4.69, 9.17) is 4.74 Å². The Bertz CT molecular complexity index is 1290. The fraction of sp³-hybridized carbons (Fsp3) is 0.308. The molecule has 1 aromatic heterocycles. The number of hydrogen-bond donors (Lipinski definition) is 1. The number of aryl methyl sites for hydroxylation is 1. The molecule has 0 spiro atoms. The van der Waals surface area contributed by atoms with Crippen molar-refractivity contribution in [3.63, 3.8) is 0 Å². The summed E-state index contributed by atoms with van der Waals surface area (Å²) in [6.45, 7) is 3.59. The molecular formula is C26H24F4N4O4. The molecule has 0 saturated carbocycles.